The molecular formula is C10H20O. The van der Waals surface area contributed by atoms with E-state index in [9.17, 15) is 0 Å². The molecule has 0 spiro atoms. The molecule has 1 aliphatic carbocycles. The topological polar surface area (TPSA) is 20.2 Å². The zero-order chi connectivity index (χ0) is 7.78. The van der Waals surface area contributed by atoms with Crippen LogP contribution in [0.4, 0.5) is 0 Å². The highest BCUT2D eigenvalue weighted by molar-refractivity contribution is 5.14. The van der Waals surface area contributed by atoms with Crippen molar-refractivity contribution in [2.75, 3.05) is 6.61 Å². The summed E-state index contributed by atoms with van der Waals surface area (Å²) in [7, 11) is 0. The second kappa shape index (κ2) is 3.40. The molecule has 0 aromatic rings. The van der Waals surface area contributed by atoms with Crippen molar-refractivity contribution in [1.29, 1.82) is 0 Å². The quantitative estimate of drug-likeness (QED) is 0.579. The molecule has 0 amide bonds. The monoisotopic (exact) mass is 156 g/mol. The molecule has 1 nitrogen and oxygen atoms in total. The molecule has 0 unspecified atom stereocenters. The fourth-order valence-electron chi connectivity index (χ4n) is 1.78. The van der Waals surface area contributed by atoms with E-state index in [-0.39, 0.29) is 7.43 Å². The molecule has 0 aliphatic heterocycles. The zero-order valence-electron chi connectivity index (χ0n) is 7.02. The van der Waals surface area contributed by atoms with Crippen molar-refractivity contribution in [1.82, 2.24) is 0 Å². The van der Waals surface area contributed by atoms with Crippen LogP contribution >= 0.6 is 0 Å². The lowest BCUT2D eigenvalue weighted by atomic mass is 9.81. The molecule has 0 radical (unpaired) electrons. The molecule has 0 heterocycles. The normalized spacial score (nSPS) is 27.6. The van der Waals surface area contributed by atoms with Crippen LogP contribution in [0.3, 0.4) is 0 Å². The van der Waals surface area contributed by atoms with Crippen molar-refractivity contribution in [2.24, 2.45) is 11.3 Å². The van der Waals surface area contributed by atoms with Crippen molar-refractivity contribution in [3.05, 3.63) is 11.6 Å². The highest BCUT2D eigenvalue weighted by Crippen LogP contribution is 2.40. The van der Waals surface area contributed by atoms with Gasteiger partial charge in [0.15, 0.2) is 0 Å². The minimum Gasteiger partial charge on any atom is -0.396 e. The Hall–Kier alpha value is -0.300. The Morgan fingerprint density at radius 3 is 2.36 bits per heavy atom. The van der Waals surface area contributed by atoms with Crippen LogP contribution in [0.2, 0.25) is 0 Å². The molecule has 1 aliphatic rings. The van der Waals surface area contributed by atoms with Gasteiger partial charge in [-0.05, 0) is 18.8 Å². The Morgan fingerprint density at radius 2 is 2.18 bits per heavy atom. The van der Waals surface area contributed by atoms with E-state index in [4.69, 9.17) is 5.11 Å². The van der Waals surface area contributed by atoms with Gasteiger partial charge in [-0.2, -0.15) is 0 Å². The van der Waals surface area contributed by atoms with E-state index >= 15 is 0 Å². The van der Waals surface area contributed by atoms with Gasteiger partial charge in [-0.1, -0.05) is 32.9 Å². The van der Waals surface area contributed by atoms with Gasteiger partial charge in [0.2, 0.25) is 0 Å². The number of hydrogen-bond donors (Lipinski definition) is 1. The van der Waals surface area contributed by atoms with Crippen LogP contribution in [0.25, 0.3) is 0 Å². The number of aliphatic hydroxyl groups excluding tert-OH is 1. The minimum absolute atomic E-state index is 0. The molecule has 0 saturated heterocycles. The molecule has 0 fully saturated rings. The third-order valence-corrected chi connectivity index (χ3v) is 2.42. The Labute approximate surface area is 70.1 Å². The zero-order valence-corrected chi connectivity index (χ0v) is 7.02. The van der Waals surface area contributed by atoms with Gasteiger partial charge >= 0.3 is 0 Å². The highest BCUT2D eigenvalue weighted by atomic mass is 16.3. The van der Waals surface area contributed by atoms with Gasteiger partial charge in [0.05, 0.1) is 0 Å². The van der Waals surface area contributed by atoms with Crippen LogP contribution in [0.15, 0.2) is 11.6 Å². The van der Waals surface area contributed by atoms with Crippen molar-refractivity contribution >= 4 is 0 Å². The Balaban J connectivity index is 0.000001000. The van der Waals surface area contributed by atoms with Crippen LogP contribution in [-0.4, -0.2) is 11.7 Å². The lowest BCUT2D eigenvalue weighted by Crippen LogP contribution is -2.20. The number of aliphatic hydroxyl groups is 1. The number of hydrogen-bond acceptors (Lipinski definition) is 1. The summed E-state index contributed by atoms with van der Waals surface area (Å²) >= 11 is 0. The van der Waals surface area contributed by atoms with E-state index < -0.39 is 0 Å². The van der Waals surface area contributed by atoms with Gasteiger partial charge in [0, 0.05) is 12.5 Å². The highest BCUT2D eigenvalue weighted by Gasteiger charge is 2.32. The first kappa shape index (κ1) is 10.7. The van der Waals surface area contributed by atoms with E-state index in [2.05, 4.69) is 26.8 Å². The SMILES string of the molecule is C.CC1=C[C@@H](CO)C(C)(C)C1. The summed E-state index contributed by atoms with van der Waals surface area (Å²) in [5, 5.41) is 8.97. The molecule has 1 atom stereocenters. The molecule has 0 aromatic carbocycles. The summed E-state index contributed by atoms with van der Waals surface area (Å²) in [5.74, 6) is 0.382. The van der Waals surface area contributed by atoms with Crippen LogP contribution in [0.5, 0.6) is 0 Å². The maximum Gasteiger partial charge on any atom is 0.0499 e. The van der Waals surface area contributed by atoms with Crippen molar-refractivity contribution in [3.8, 4) is 0 Å². The summed E-state index contributed by atoms with van der Waals surface area (Å²) in [6, 6.07) is 0. The van der Waals surface area contributed by atoms with Gasteiger partial charge < -0.3 is 5.11 Å². The van der Waals surface area contributed by atoms with Crippen LogP contribution in [0.1, 0.15) is 34.6 Å². The minimum atomic E-state index is 0. The molecule has 0 aromatic heterocycles. The largest absolute Gasteiger partial charge is 0.396 e. The smallest absolute Gasteiger partial charge is 0.0499 e. The van der Waals surface area contributed by atoms with Crippen molar-refractivity contribution < 1.29 is 5.11 Å². The van der Waals surface area contributed by atoms with Crippen LogP contribution < -0.4 is 0 Å². The Morgan fingerprint density at radius 1 is 1.64 bits per heavy atom. The standard InChI is InChI=1S/C9H16O.CH4/c1-7-4-8(6-10)9(2,3)5-7;/h4,8,10H,5-6H2,1-3H3;1H4/t8-;/m0./s1. The molecule has 1 rings (SSSR count). The van der Waals surface area contributed by atoms with E-state index in [1.807, 2.05) is 0 Å². The predicted molar refractivity (Wildman–Crippen MR) is 49.5 cm³/mol. The third kappa shape index (κ3) is 2.06. The third-order valence-electron chi connectivity index (χ3n) is 2.42. The number of allylic oxidation sites excluding steroid dienone is 1. The first-order valence-electron chi connectivity index (χ1n) is 3.84. The maximum absolute atomic E-state index is 8.97. The van der Waals surface area contributed by atoms with Crippen molar-refractivity contribution in [3.63, 3.8) is 0 Å². The average Bonchev–Trinajstić information content (AvgIpc) is 2.04. The summed E-state index contributed by atoms with van der Waals surface area (Å²) in [6.07, 6.45) is 3.33. The summed E-state index contributed by atoms with van der Waals surface area (Å²) < 4.78 is 0. The first-order chi connectivity index (χ1) is 4.56. The van der Waals surface area contributed by atoms with Gasteiger partial charge in [-0.15, -0.1) is 0 Å². The summed E-state index contributed by atoms with van der Waals surface area (Å²) in [6.45, 7) is 6.85. The van der Waals surface area contributed by atoms with E-state index in [0.717, 1.165) is 6.42 Å². The van der Waals surface area contributed by atoms with E-state index in [1.165, 1.54) is 5.57 Å². The molecule has 66 valence electrons. The lowest BCUT2D eigenvalue weighted by molar-refractivity contribution is 0.166. The maximum atomic E-state index is 8.97. The summed E-state index contributed by atoms with van der Waals surface area (Å²) in [4.78, 5) is 0. The van der Waals surface area contributed by atoms with E-state index in [1.54, 1.807) is 0 Å². The molecular weight excluding hydrogens is 136 g/mol. The summed E-state index contributed by atoms with van der Waals surface area (Å²) in [5.41, 5.74) is 1.71. The predicted octanol–water partition coefficient (Wildman–Crippen LogP) is 2.61. The first-order valence-corrected chi connectivity index (χ1v) is 3.84. The van der Waals surface area contributed by atoms with Crippen LogP contribution in [-0.2, 0) is 0 Å². The van der Waals surface area contributed by atoms with Crippen molar-refractivity contribution in [2.45, 2.75) is 34.6 Å². The molecule has 1 heteroatoms. The second-order valence-corrected chi connectivity index (χ2v) is 3.97. The second-order valence-electron chi connectivity index (χ2n) is 3.97. The van der Waals surface area contributed by atoms with Gasteiger partial charge in [-0.25, -0.2) is 0 Å². The van der Waals surface area contributed by atoms with Gasteiger partial charge in [0.25, 0.3) is 0 Å². The fourth-order valence-corrected chi connectivity index (χ4v) is 1.78. The number of rotatable bonds is 1. The molecule has 1 N–H and O–H groups in total. The Bertz CT molecular complexity index is 156. The molecule has 11 heavy (non-hydrogen) atoms. The lowest BCUT2D eigenvalue weighted by Gasteiger charge is -2.24. The van der Waals surface area contributed by atoms with E-state index in [0.29, 0.717) is 17.9 Å². The van der Waals surface area contributed by atoms with Gasteiger partial charge in [0.1, 0.15) is 0 Å². The Kier molecular flexibility index (Phi) is 3.30. The van der Waals surface area contributed by atoms with Gasteiger partial charge in [-0.3, -0.25) is 0 Å². The van der Waals surface area contributed by atoms with Crippen LogP contribution in [0, 0.1) is 11.3 Å². The average molecular weight is 156 g/mol. The molecule has 0 saturated carbocycles. The fraction of sp³-hybridized carbons (Fsp3) is 0.800. The molecule has 0 bridgehead atoms.